The van der Waals surface area contributed by atoms with E-state index in [1.165, 1.54) is 9.47 Å². The third kappa shape index (κ3) is 4.67. The monoisotopic (exact) mass is 174 g/mol. The maximum atomic E-state index is 9.51. The second-order valence-corrected chi connectivity index (χ2v) is 4.19. The van der Waals surface area contributed by atoms with Crippen molar-refractivity contribution in [2.24, 2.45) is 0 Å². The van der Waals surface area contributed by atoms with Crippen LogP contribution in [0.4, 0.5) is 0 Å². The van der Waals surface area contributed by atoms with Crippen molar-refractivity contribution < 1.29 is 15.4 Å². The van der Waals surface area contributed by atoms with Crippen LogP contribution in [0.1, 0.15) is 0 Å². The fourth-order valence-corrected chi connectivity index (χ4v) is 0. The van der Waals surface area contributed by atoms with E-state index in [-0.39, 0.29) is 0 Å². The molecular formula is H4AsO4P. The van der Waals surface area contributed by atoms with Gasteiger partial charge in [0.05, 0.1) is 0 Å². The molecule has 0 aromatic rings. The molecule has 0 saturated heterocycles. The molecule has 0 amide bonds. The van der Waals surface area contributed by atoms with Crippen molar-refractivity contribution in [1.82, 2.24) is 0 Å². The summed E-state index contributed by atoms with van der Waals surface area (Å²) >= 11 is -4.70. The first-order chi connectivity index (χ1) is 2.56. The Balaban J connectivity index is 3.48. The van der Waals surface area contributed by atoms with Gasteiger partial charge in [0.15, 0.2) is 0 Å². The van der Waals surface area contributed by atoms with Gasteiger partial charge in [-0.2, -0.15) is 0 Å². The molecule has 0 bridgehead atoms. The topological polar surface area (TPSA) is 66.8 Å². The van der Waals surface area contributed by atoms with E-state index in [2.05, 4.69) is 3.51 Å². The summed E-state index contributed by atoms with van der Waals surface area (Å²) in [5.74, 6) is 0. The molecule has 0 aliphatic rings. The molecule has 1 unspecified atom stereocenters. The predicted molar refractivity (Wildman–Crippen MR) is 21.7 cm³/mol. The average molecular weight is 174 g/mol. The van der Waals surface area contributed by atoms with Gasteiger partial charge in [0.25, 0.3) is 0 Å². The molecule has 6 heavy (non-hydrogen) atoms. The van der Waals surface area contributed by atoms with Gasteiger partial charge in [-0.3, -0.25) is 0 Å². The van der Waals surface area contributed by atoms with Gasteiger partial charge in [-0.15, -0.1) is 0 Å². The van der Waals surface area contributed by atoms with E-state index in [0.29, 0.717) is 0 Å². The molecule has 0 saturated carbocycles. The molecule has 0 heterocycles. The van der Waals surface area contributed by atoms with Crippen LogP contribution in [0.25, 0.3) is 0 Å². The van der Waals surface area contributed by atoms with E-state index in [4.69, 9.17) is 8.19 Å². The van der Waals surface area contributed by atoms with Crippen molar-refractivity contribution in [1.29, 1.82) is 0 Å². The summed E-state index contributed by atoms with van der Waals surface area (Å²) in [5, 5.41) is 0. The number of hydrogen-bond acceptors (Lipinski definition) is 2. The van der Waals surface area contributed by atoms with Gasteiger partial charge in [0.1, 0.15) is 0 Å². The molecule has 0 fully saturated rings. The van der Waals surface area contributed by atoms with Crippen LogP contribution in [0.5, 0.6) is 0 Å². The first-order valence-electron chi connectivity index (χ1n) is 1.00. The summed E-state index contributed by atoms with van der Waals surface area (Å²) in [6, 6.07) is 0. The SMILES string of the molecule is O=[As](O)(O)OP. The molecule has 0 rings (SSSR count). The molecule has 0 aromatic carbocycles. The van der Waals surface area contributed by atoms with E-state index in [0.717, 1.165) is 0 Å². The second kappa shape index (κ2) is 2.10. The molecule has 1 atom stereocenters. The second-order valence-electron chi connectivity index (χ2n) is 0.596. The summed E-state index contributed by atoms with van der Waals surface area (Å²) in [4.78, 5) is 0. The minimum absolute atomic E-state index is 1.49. The van der Waals surface area contributed by atoms with Gasteiger partial charge in [-0.05, 0) is 0 Å². The Hall–Kier alpha value is 0.668. The molecule has 38 valence electrons. The summed E-state index contributed by atoms with van der Waals surface area (Å²) in [5.41, 5.74) is 0. The Morgan fingerprint density at radius 2 is 1.83 bits per heavy atom. The molecule has 0 aromatic heterocycles. The quantitative estimate of drug-likeness (QED) is 0.380. The first-order valence-corrected chi connectivity index (χ1v) is 4.68. The van der Waals surface area contributed by atoms with Crippen molar-refractivity contribution in [2.75, 3.05) is 0 Å². The van der Waals surface area contributed by atoms with Gasteiger partial charge >= 0.3 is 39.4 Å². The molecule has 0 aliphatic carbocycles. The van der Waals surface area contributed by atoms with Crippen molar-refractivity contribution in [3.63, 3.8) is 0 Å². The Bertz CT molecular complexity index is 71.6. The zero-order valence-electron chi connectivity index (χ0n) is 2.74. The molecule has 0 aliphatic heterocycles. The predicted octanol–water partition coefficient (Wildman–Crippen LogP) is -1.36. The molecular weight excluding hydrogens is 170 g/mol. The van der Waals surface area contributed by atoms with E-state index in [9.17, 15) is 3.74 Å². The van der Waals surface area contributed by atoms with Crippen LogP contribution in [-0.4, -0.2) is 22.7 Å². The van der Waals surface area contributed by atoms with Crippen LogP contribution >= 0.6 is 9.47 Å². The average Bonchev–Trinajstić information content (AvgIpc) is 1.35. The van der Waals surface area contributed by atoms with Gasteiger partial charge in [-0.1, -0.05) is 0 Å². The Labute approximate surface area is 40.1 Å². The Morgan fingerprint density at radius 1 is 1.67 bits per heavy atom. The third-order valence-electron chi connectivity index (χ3n) is 0.137. The van der Waals surface area contributed by atoms with E-state index in [1.54, 1.807) is 0 Å². The van der Waals surface area contributed by atoms with Crippen LogP contribution in [0.2, 0.25) is 0 Å². The van der Waals surface area contributed by atoms with Gasteiger partial charge in [-0.25, -0.2) is 0 Å². The Kier molecular flexibility index (Phi) is 2.33. The van der Waals surface area contributed by atoms with Gasteiger partial charge < -0.3 is 0 Å². The third-order valence-corrected chi connectivity index (χ3v) is 2.14. The molecule has 0 radical (unpaired) electrons. The van der Waals surface area contributed by atoms with Gasteiger partial charge in [0.2, 0.25) is 0 Å². The summed E-state index contributed by atoms with van der Waals surface area (Å²) in [6.07, 6.45) is 0. The first kappa shape index (κ1) is 6.67. The number of rotatable bonds is 1. The van der Waals surface area contributed by atoms with Crippen LogP contribution in [0.3, 0.4) is 0 Å². The van der Waals surface area contributed by atoms with Crippen LogP contribution < -0.4 is 0 Å². The zero-order chi connectivity index (χ0) is 5.21. The minimum atomic E-state index is -4.70. The van der Waals surface area contributed by atoms with Crippen molar-refractivity contribution >= 4 is 24.0 Å². The van der Waals surface area contributed by atoms with E-state index >= 15 is 0 Å². The summed E-state index contributed by atoms with van der Waals surface area (Å²) in [6.45, 7) is 0. The maximum absolute atomic E-state index is 9.51. The van der Waals surface area contributed by atoms with Crippen LogP contribution in [0.15, 0.2) is 0 Å². The van der Waals surface area contributed by atoms with E-state index in [1.807, 2.05) is 0 Å². The molecule has 2 N–H and O–H groups in total. The van der Waals surface area contributed by atoms with Crippen molar-refractivity contribution in [3.05, 3.63) is 0 Å². The zero-order valence-corrected chi connectivity index (χ0v) is 5.77. The molecule has 6 heteroatoms. The standard InChI is InChI=1S/AsH4O4P/c2-1(3,4)5-6/h6H2,(H2,2,3,4). The molecule has 4 nitrogen and oxygen atoms in total. The van der Waals surface area contributed by atoms with E-state index < -0.39 is 14.5 Å². The number of hydrogen-bond donors (Lipinski definition) is 2. The van der Waals surface area contributed by atoms with Crippen molar-refractivity contribution in [3.8, 4) is 0 Å². The normalized spacial score (nSPS) is 11.8. The summed E-state index contributed by atoms with van der Waals surface area (Å²) < 4.78 is 28.6. The fraction of sp³-hybridized carbons (Fsp3) is 0. The summed E-state index contributed by atoms with van der Waals surface area (Å²) in [7, 11) is 1.49. The fourth-order valence-electron chi connectivity index (χ4n) is 0. The molecule has 0 spiro atoms. The van der Waals surface area contributed by atoms with Crippen LogP contribution in [-0.2, 0) is 7.25 Å². The van der Waals surface area contributed by atoms with Gasteiger partial charge in [0, 0.05) is 0 Å². The van der Waals surface area contributed by atoms with Crippen LogP contribution in [0, 0.1) is 0 Å². The Morgan fingerprint density at radius 3 is 1.83 bits per heavy atom. The van der Waals surface area contributed by atoms with Crippen molar-refractivity contribution in [2.45, 2.75) is 0 Å².